The highest BCUT2D eigenvalue weighted by molar-refractivity contribution is 7.10. The fourth-order valence-electron chi connectivity index (χ4n) is 2.81. The van der Waals surface area contributed by atoms with Gasteiger partial charge in [0, 0.05) is 13.1 Å². The molecule has 1 aliphatic heterocycles. The Kier molecular flexibility index (Phi) is 5.46. The van der Waals surface area contributed by atoms with E-state index in [1.54, 1.807) is 11.3 Å². The average Bonchev–Trinajstić information content (AvgIpc) is 3.17. The lowest BCUT2D eigenvalue weighted by atomic mass is 10.0. The van der Waals surface area contributed by atoms with Gasteiger partial charge in [-0.1, -0.05) is 29.3 Å². The van der Waals surface area contributed by atoms with E-state index in [9.17, 15) is 5.11 Å². The smallest absolute Gasteiger partial charge is 0.193 e. The fraction of sp³-hybridized carbons (Fsp3) is 0.444. The summed E-state index contributed by atoms with van der Waals surface area (Å²) in [6.45, 7) is 6.69. The maximum Gasteiger partial charge on any atom is 0.193 e. The van der Waals surface area contributed by atoms with E-state index in [-0.39, 0.29) is 6.29 Å². The first-order valence-corrected chi connectivity index (χ1v) is 8.77. The minimum absolute atomic E-state index is 0.199. The van der Waals surface area contributed by atoms with Crippen molar-refractivity contribution in [3.05, 3.63) is 56.8 Å². The van der Waals surface area contributed by atoms with E-state index in [1.165, 1.54) is 16.7 Å². The molecule has 1 aromatic carbocycles. The molecule has 0 amide bonds. The first-order valence-electron chi connectivity index (χ1n) is 7.89. The summed E-state index contributed by atoms with van der Waals surface area (Å²) in [7, 11) is 0. The second kappa shape index (κ2) is 7.55. The number of aliphatic hydroxyl groups is 1. The molecule has 2 heterocycles. The van der Waals surface area contributed by atoms with Crippen LogP contribution in [0.25, 0.3) is 0 Å². The van der Waals surface area contributed by atoms with Crippen LogP contribution in [0.5, 0.6) is 0 Å². The van der Waals surface area contributed by atoms with Crippen molar-refractivity contribution >= 4 is 11.3 Å². The van der Waals surface area contributed by atoms with E-state index in [2.05, 4.69) is 36.7 Å². The zero-order valence-corrected chi connectivity index (χ0v) is 14.4. The van der Waals surface area contributed by atoms with Gasteiger partial charge in [0.15, 0.2) is 6.29 Å². The molecule has 1 aliphatic rings. The second-order valence-electron chi connectivity index (χ2n) is 6.00. The van der Waals surface area contributed by atoms with Crippen LogP contribution in [0.1, 0.15) is 39.5 Å². The van der Waals surface area contributed by atoms with Gasteiger partial charge in [-0.05, 0) is 36.4 Å². The van der Waals surface area contributed by atoms with Crippen LogP contribution in [0.3, 0.4) is 0 Å². The lowest BCUT2D eigenvalue weighted by molar-refractivity contribution is -0.0413. The van der Waals surface area contributed by atoms with Crippen LogP contribution in [0.4, 0.5) is 0 Å². The molecular formula is C18H23NO3S. The highest BCUT2D eigenvalue weighted by Gasteiger charge is 2.20. The number of hydrogen-bond acceptors (Lipinski definition) is 5. The zero-order chi connectivity index (χ0) is 16.2. The minimum atomic E-state index is -0.492. The summed E-state index contributed by atoms with van der Waals surface area (Å²) in [5.74, 6) is 0. The van der Waals surface area contributed by atoms with Crippen LogP contribution >= 0.6 is 11.3 Å². The molecule has 4 nitrogen and oxygen atoms in total. The van der Waals surface area contributed by atoms with Crippen molar-refractivity contribution in [1.82, 2.24) is 5.32 Å². The summed E-state index contributed by atoms with van der Waals surface area (Å²) < 4.78 is 11.0. The standard InChI is InChI=1S/C18H23NO3S/c1-12-5-13(2)7-15(6-12)16(20)10-19-9-14-8-17(23-11-14)18-21-3-4-22-18/h5-8,11,16,18-20H,3-4,9-10H2,1-2H3. The van der Waals surface area contributed by atoms with Crippen LogP contribution in [0.2, 0.25) is 0 Å². The van der Waals surface area contributed by atoms with Crippen molar-refractivity contribution in [2.45, 2.75) is 32.8 Å². The first kappa shape index (κ1) is 16.6. The van der Waals surface area contributed by atoms with E-state index in [0.717, 1.165) is 17.0 Å². The summed E-state index contributed by atoms with van der Waals surface area (Å²) in [5, 5.41) is 15.8. The largest absolute Gasteiger partial charge is 0.387 e. The molecule has 124 valence electrons. The SMILES string of the molecule is Cc1cc(C)cc(C(O)CNCc2csc(C3OCCO3)c2)c1. The number of hydrogen-bond donors (Lipinski definition) is 2. The lowest BCUT2D eigenvalue weighted by Gasteiger charge is -2.13. The molecule has 1 fully saturated rings. The van der Waals surface area contributed by atoms with Gasteiger partial charge >= 0.3 is 0 Å². The maximum atomic E-state index is 10.3. The van der Waals surface area contributed by atoms with Crippen molar-refractivity contribution in [3.8, 4) is 0 Å². The molecule has 1 aromatic heterocycles. The number of ether oxygens (including phenoxy) is 2. The third kappa shape index (κ3) is 4.40. The van der Waals surface area contributed by atoms with Crippen LogP contribution in [0, 0.1) is 13.8 Å². The van der Waals surface area contributed by atoms with Crippen LogP contribution in [0.15, 0.2) is 29.6 Å². The second-order valence-corrected chi connectivity index (χ2v) is 6.94. The Bertz CT molecular complexity index is 629. The predicted octanol–water partition coefficient (Wildman–Crippen LogP) is 3.23. The summed E-state index contributed by atoms with van der Waals surface area (Å²) in [4.78, 5) is 1.11. The molecule has 1 saturated heterocycles. The Morgan fingerprint density at radius 2 is 1.87 bits per heavy atom. The average molecular weight is 333 g/mol. The van der Waals surface area contributed by atoms with E-state index in [4.69, 9.17) is 9.47 Å². The third-order valence-electron chi connectivity index (χ3n) is 3.82. The summed E-state index contributed by atoms with van der Waals surface area (Å²) >= 11 is 1.65. The van der Waals surface area contributed by atoms with Gasteiger partial charge in [-0.25, -0.2) is 0 Å². The van der Waals surface area contributed by atoms with E-state index in [0.29, 0.717) is 19.8 Å². The number of aryl methyl sites for hydroxylation is 2. The molecule has 3 rings (SSSR count). The predicted molar refractivity (Wildman–Crippen MR) is 91.5 cm³/mol. The lowest BCUT2D eigenvalue weighted by Crippen LogP contribution is -2.21. The van der Waals surface area contributed by atoms with Crippen LogP contribution in [-0.4, -0.2) is 24.9 Å². The Morgan fingerprint density at radius 3 is 2.57 bits per heavy atom. The van der Waals surface area contributed by atoms with Gasteiger partial charge in [-0.15, -0.1) is 11.3 Å². The summed E-state index contributed by atoms with van der Waals surface area (Å²) in [6, 6.07) is 8.30. The number of aliphatic hydroxyl groups excluding tert-OH is 1. The molecule has 0 saturated carbocycles. The van der Waals surface area contributed by atoms with Gasteiger partial charge in [0.1, 0.15) is 0 Å². The van der Waals surface area contributed by atoms with Crippen molar-refractivity contribution in [3.63, 3.8) is 0 Å². The summed E-state index contributed by atoms with van der Waals surface area (Å²) in [6.07, 6.45) is -0.692. The normalized spacial score (nSPS) is 16.8. The van der Waals surface area contributed by atoms with Crippen LogP contribution < -0.4 is 5.32 Å². The number of nitrogens with one attached hydrogen (secondary N) is 1. The van der Waals surface area contributed by atoms with Gasteiger partial charge < -0.3 is 19.9 Å². The minimum Gasteiger partial charge on any atom is -0.387 e. The topological polar surface area (TPSA) is 50.7 Å². The molecule has 23 heavy (non-hydrogen) atoms. The first-order chi connectivity index (χ1) is 11.1. The van der Waals surface area contributed by atoms with Crippen molar-refractivity contribution in [2.75, 3.05) is 19.8 Å². The van der Waals surface area contributed by atoms with Gasteiger partial charge in [0.2, 0.25) is 0 Å². The molecule has 5 heteroatoms. The summed E-state index contributed by atoms with van der Waals surface area (Å²) in [5.41, 5.74) is 4.52. The molecular weight excluding hydrogens is 310 g/mol. The molecule has 2 N–H and O–H groups in total. The van der Waals surface area contributed by atoms with E-state index >= 15 is 0 Å². The molecule has 0 spiro atoms. The van der Waals surface area contributed by atoms with Crippen molar-refractivity contribution in [2.24, 2.45) is 0 Å². The van der Waals surface area contributed by atoms with Crippen LogP contribution in [-0.2, 0) is 16.0 Å². The highest BCUT2D eigenvalue weighted by atomic mass is 32.1. The Balaban J connectivity index is 1.50. The van der Waals surface area contributed by atoms with E-state index in [1.807, 2.05) is 12.1 Å². The van der Waals surface area contributed by atoms with Gasteiger partial charge in [-0.2, -0.15) is 0 Å². The zero-order valence-electron chi connectivity index (χ0n) is 13.5. The van der Waals surface area contributed by atoms with Gasteiger partial charge in [0.25, 0.3) is 0 Å². The van der Waals surface area contributed by atoms with Crippen molar-refractivity contribution in [1.29, 1.82) is 0 Å². The quantitative estimate of drug-likeness (QED) is 0.852. The van der Waals surface area contributed by atoms with Gasteiger partial charge in [-0.3, -0.25) is 0 Å². The maximum absolute atomic E-state index is 10.3. The Hall–Kier alpha value is -1.24. The molecule has 1 atom stereocenters. The monoisotopic (exact) mass is 333 g/mol. The molecule has 1 unspecified atom stereocenters. The molecule has 0 radical (unpaired) electrons. The fourth-order valence-corrected chi connectivity index (χ4v) is 3.71. The molecule has 0 aliphatic carbocycles. The Labute approximate surface area is 141 Å². The highest BCUT2D eigenvalue weighted by Crippen LogP contribution is 2.29. The third-order valence-corrected chi connectivity index (χ3v) is 4.83. The number of benzene rings is 1. The van der Waals surface area contributed by atoms with Gasteiger partial charge in [0.05, 0.1) is 24.2 Å². The number of thiophene rings is 1. The molecule has 0 bridgehead atoms. The van der Waals surface area contributed by atoms with E-state index < -0.39 is 6.10 Å². The number of rotatable bonds is 6. The Morgan fingerprint density at radius 1 is 1.17 bits per heavy atom. The molecule has 2 aromatic rings. The van der Waals surface area contributed by atoms with Crippen molar-refractivity contribution < 1.29 is 14.6 Å².